The molecule has 0 unspecified atom stereocenters. The van der Waals surface area contributed by atoms with Crippen molar-refractivity contribution in [3.63, 3.8) is 0 Å². The fourth-order valence-electron chi connectivity index (χ4n) is 3.87. The standard InChI is InChI=1S/C22H24O11/c1-30-14-3-2-9(4-11(14)24)15-7-13(26)18-12(25)5-10(6-16(18)32-15)31-22-21(29)20(28)19(27)17(8-23)33-22/h2-6,15,17,19-25,27-29H,7-8H2,1H3/t15-,17-,19-,20+,21-,22-/m1/s1. The zero-order valence-corrected chi connectivity index (χ0v) is 17.5. The minimum Gasteiger partial charge on any atom is -0.507 e. The van der Waals surface area contributed by atoms with Gasteiger partial charge in [-0.2, -0.15) is 0 Å². The van der Waals surface area contributed by atoms with E-state index in [2.05, 4.69) is 0 Å². The number of Topliss-reactive ketones (excluding diaryl/α,β-unsaturated/α-hetero) is 1. The predicted octanol–water partition coefficient (Wildman–Crippen LogP) is -0.00840. The molecule has 2 heterocycles. The SMILES string of the molecule is COc1ccc([C@H]2CC(=O)c3c(O)cc(O[C@@H]4O[C@H](CO)[C@@H](O)[C@H](O)[C@H]4O)cc3O2)cc1O. The summed E-state index contributed by atoms with van der Waals surface area (Å²) < 4.78 is 21.7. The Hall–Kier alpha value is -3.09. The van der Waals surface area contributed by atoms with E-state index in [4.69, 9.17) is 18.9 Å². The lowest BCUT2D eigenvalue weighted by Crippen LogP contribution is -2.60. The van der Waals surface area contributed by atoms with Gasteiger partial charge >= 0.3 is 0 Å². The summed E-state index contributed by atoms with van der Waals surface area (Å²) in [5, 5.41) is 59.7. The fraction of sp³-hybridized carbons (Fsp3) is 0.409. The highest BCUT2D eigenvalue weighted by molar-refractivity contribution is 6.02. The van der Waals surface area contributed by atoms with Crippen LogP contribution in [0.5, 0.6) is 28.7 Å². The molecule has 0 saturated carbocycles. The number of hydrogen-bond donors (Lipinski definition) is 6. The van der Waals surface area contributed by atoms with Crippen LogP contribution >= 0.6 is 0 Å². The van der Waals surface area contributed by atoms with E-state index in [0.717, 1.165) is 6.07 Å². The second-order valence-electron chi connectivity index (χ2n) is 7.80. The fourth-order valence-corrected chi connectivity index (χ4v) is 3.87. The molecule has 2 aliphatic rings. The number of carbonyl (C=O) groups is 1. The van der Waals surface area contributed by atoms with Crippen LogP contribution in [0.2, 0.25) is 0 Å². The molecule has 6 N–H and O–H groups in total. The third-order valence-electron chi connectivity index (χ3n) is 5.65. The predicted molar refractivity (Wildman–Crippen MR) is 109 cm³/mol. The number of benzene rings is 2. The number of aromatic hydroxyl groups is 2. The Balaban J connectivity index is 1.60. The summed E-state index contributed by atoms with van der Waals surface area (Å²) >= 11 is 0. The van der Waals surface area contributed by atoms with Crippen LogP contribution in [0.15, 0.2) is 30.3 Å². The summed E-state index contributed by atoms with van der Waals surface area (Å²) in [7, 11) is 1.41. The molecule has 0 bridgehead atoms. The van der Waals surface area contributed by atoms with Crippen LogP contribution in [0.1, 0.15) is 28.4 Å². The average molecular weight is 464 g/mol. The Morgan fingerprint density at radius 2 is 1.79 bits per heavy atom. The van der Waals surface area contributed by atoms with Gasteiger partial charge in [0.1, 0.15) is 53.3 Å². The van der Waals surface area contributed by atoms with E-state index in [1.807, 2.05) is 0 Å². The van der Waals surface area contributed by atoms with Gasteiger partial charge in [0.2, 0.25) is 6.29 Å². The second kappa shape index (κ2) is 9.04. The van der Waals surface area contributed by atoms with Crippen LogP contribution in [0.4, 0.5) is 0 Å². The smallest absolute Gasteiger partial charge is 0.229 e. The number of aliphatic hydroxyl groups excluding tert-OH is 4. The molecule has 6 atom stereocenters. The number of methoxy groups -OCH3 is 1. The van der Waals surface area contributed by atoms with Crippen molar-refractivity contribution < 1.29 is 54.4 Å². The molecule has 0 spiro atoms. The molecule has 0 amide bonds. The van der Waals surface area contributed by atoms with Crippen molar-refractivity contribution in [2.24, 2.45) is 0 Å². The monoisotopic (exact) mass is 464 g/mol. The van der Waals surface area contributed by atoms with E-state index in [0.29, 0.717) is 5.56 Å². The van der Waals surface area contributed by atoms with Crippen molar-refractivity contribution in [2.75, 3.05) is 13.7 Å². The van der Waals surface area contributed by atoms with E-state index in [1.54, 1.807) is 6.07 Å². The van der Waals surface area contributed by atoms with Crippen LogP contribution in [0.3, 0.4) is 0 Å². The molecular formula is C22H24O11. The number of ether oxygens (including phenoxy) is 4. The minimum absolute atomic E-state index is 0.00569. The van der Waals surface area contributed by atoms with Gasteiger partial charge in [-0.25, -0.2) is 0 Å². The zero-order chi connectivity index (χ0) is 23.9. The molecule has 2 aromatic carbocycles. The quantitative estimate of drug-likeness (QED) is 0.351. The second-order valence-corrected chi connectivity index (χ2v) is 7.80. The normalized spacial score (nSPS) is 29.2. The first kappa shape index (κ1) is 23.1. The third kappa shape index (κ3) is 4.28. The summed E-state index contributed by atoms with van der Waals surface area (Å²) in [5.74, 6) is -0.733. The van der Waals surface area contributed by atoms with Crippen molar-refractivity contribution >= 4 is 5.78 Å². The lowest BCUT2D eigenvalue weighted by molar-refractivity contribution is -0.277. The number of fused-ring (bicyclic) bond motifs is 1. The maximum atomic E-state index is 12.7. The number of rotatable bonds is 5. The zero-order valence-electron chi connectivity index (χ0n) is 17.5. The van der Waals surface area contributed by atoms with Crippen LogP contribution in [-0.2, 0) is 4.74 Å². The maximum Gasteiger partial charge on any atom is 0.229 e. The van der Waals surface area contributed by atoms with Crippen LogP contribution < -0.4 is 14.2 Å². The molecule has 178 valence electrons. The lowest BCUT2D eigenvalue weighted by Gasteiger charge is -2.39. The first-order valence-electron chi connectivity index (χ1n) is 10.1. The molecular weight excluding hydrogens is 440 g/mol. The number of phenols is 2. The molecule has 1 saturated heterocycles. The van der Waals surface area contributed by atoms with Gasteiger partial charge in [0, 0.05) is 12.1 Å². The number of ketones is 1. The Morgan fingerprint density at radius 1 is 1.03 bits per heavy atom. The van der Waals surface area contributed by atoms with Gasteiger partial charge < -0.3 is 49.6 Å². The van der Waals surface area contributed by atoms with Gasteiger partial charge in [-0.05, 0) is 17.7 Å². The average Bonchev–Trinajstić information content (AvgIpc) is 2.78. The highest BCUT2D eigenvalue weighted by Gasteiger charge is 2.45. The van der Waals surface area contributed by atoms with Crippen molar-refractivity contribution in [1.82, 2.24) is 0 Å². The largest absolute Gasteiger partial charge is 0.507 e. The molecule has 11 nitrogen and oxygen atoms in total. The Bertz CT molecular complexity index is 1040. The number of carbonyl (C=O) groups excluding carboxylic acids is 1. The minimum atomic E-state index is -1.65. The maximum absolute atomic E-state index is 12.7. The molecule has 4 rings (SSSR count). The van der Waals surface area contributed by atoms with E-state index < -0.39 is 54.9 Å². The number of aliphatic hydroxyl groups is 4. The Labute approximate surface area is 188 Å². The number of hydrogen-bond acceptors (Lipinski definition) is 11. The lowest BCUT2D eigenvalue weighted by atomic mass is 9.95. The van der Waals surface area contributed by atoms with Gasteiger partial charge in [0.25, 0.3) is 0 Å². The Kier molecular flexibility index (Phi) is 6.32. The summed E-state index contributed by atoms with van der Waals surface area (Å²) in [6.45, 7) is -0.631. The van der Waals surface area contributed by atoms with E-state index in [1.165, 1.54) is 25.3 Å². The van der Waals surface area contributed by atoms with Crippen LogP contribution in [-0.4, -0.2) is 80.8 Å². The first-order valence-corrected chi connectivity index (χ1v) is 10.1. The van der Waals surface area contributed by atoms with Gasteiger partial charge in [-0.3, -0.25) is 4.79 Å². The van der Waals surface area contributed by atoms with Crippen molar-refractivity contribution in [1.29, 1.82) is 0 Å². The molecule has 2 aromatic rings. The number of phenolic OH excluding ortho intramolecular Hbond substituents is 2. The topological polar surface area (TPSA) is 175 Å². The Morgan fingerprint density at radius 3 is 2.45 bits per heavy atom. The van der Waals surface area contributed by atoms with E-state index in [-0.39, 0.29) is 35.0 Å². The van der Waals surface area contributed by atoms with Crippen LogP contribution in [0, 0.1) is 0 Å². The van der Waals surface area contributed by atoms with Gasteiger partial charge in [0.05, 0.1) is 20.1 Å². The van der Waals surface area contributed by atoms with E-state index >= 15 is 0 Å². The highest BCUT2D eigenvalue weighted by atomic mass is 16.7. The third-order valence-corrected chi connectivity index (χ3v) is 5.65. The summed E-state index contributed by atoms with van der Waals surface area (Å²) in [4.78, 5) is 12.7. The van der Waals surface area contributed by atoms with Crippen molar-refractivity contribution in [3.05, 3.63) is 41.5 Å². The van der Waals surface area contributed by atoms with Gasteiger partial charge in [-0.1, -0.05) is 6.07 Å². The van der Waals surface area contributed by atoms with E-state index in [9.17, 15) is 35.4 Å². The summed E-state index contributed by atoms with van der Waals surface area (Å²) in [6, 6.07) is 7.01. The molecule has 1 fully saturated rings. The summed E-state index contributed by atoms with van der Waals surface area (Å²) in [5.41, 5.74) is 0.456. The van der Waals surface area contributed by atoms with Gasteiger partial charge in [0.15, 0.2) is 17.3 Å². The molecule has 11 heteroatoms. The summed E-state index contributed by atoms with van der Waals surface area (Å²) in [6.07, 6.45) is -8.35. The molecule has 33 heavy (non-hydrogen) atoms. The highest BCUT2D eigenvalue weighted by Crippen LogP contribution is 2.43. The van der Waals surface area contributed by atoms with Crippen molar-refractivity contribution in [3.8, 4) is 28.7 Å². The molecule has 0 radical (unpaired) electrons. The molecule has 0 aromatic heterocycles. The first-order chi connectivity index (χ1) is 15.7. The molecule has 2 aliphatic heterocycles. The van der Waals surface area contributed by atoms with Crippen molar-refractivity contribution in [2.45, 2.75) is 43.2 Å². The molecule has 0 aliphatic carbocycles. The van der Waals surface area contributed by atoms with Gasteiger partial charge in [-0.15, -0.1) is 0 Å². The van der Waals surface area contributed by atoms with Crippen LogP contribution in [0.25, 0.3) is 0 Å².